The first-order valence-electron chi connectivity index (χ1n) is 7.41. The molecule has 4 nitrogen and oxygen atoms in total. The summed E-state index contributed by atoms with van der Waals surface area (Å²) in [4.78, 5) is 2.15. The second-order valence-corrected chi connectivity index (χ2v) is 5.16. The van der Waals surface area contributed by atoms with Crippen LogP contribution in [0.5, 0.6) is 11.5 Å². The highest BCUT2D eigenvalue weighted by atomic mass is 16.5. The minimum atomic E-state index is -0.227. The average molecular weight is 294 g/mol. The van der Waals surface area contributed by atoms with E-state index >= 15 is 0 Å². The molecular weight excluding hydrogens is 276 g/mol. The van der Waals surface area contributed by atoms with Crippen LogP contribution in [0.15, 0.2) is 54.6 Å². The van der Waals surface area contributed by atoms with Crippen LogP contribution in [0.1, 0.15) is 11.6 Å². The number of morpholine rings is 1. The molecule has 2 aromatic carbocycles. The van der Waals surface area contributed by atoms with Crippen molar-refractivity contribution in [2.45, 2.75) is 6.04 Å². The lowest BCUT2D eigenvalue weighted by atomic mass is 10.1. The van der Waals surface area contributed by atoms with Gasteiger partial charge in [-0.25, -0.2) is 0 Å². The Morgan fingerprint density at radius 2 is 1.59 bits per heavy atom. The van der Waals surface area contributed by atoms with E-state index in [2.05, 4.69) is 11.0 Å². The van der Waals surface area contributed by atoms with Crippen LogP contribution in [0.25, 0.3) is 0 Å². The van der Waals surface area contributed by atoms with Crippen LogP contribution in [0.3, 0.4) is 0 Å². The van der Waals surface area contributed by atoms with Gasteiger partial charge in [-0.15, -0.1) is 0 Å². The fraction of sp³-hybridized carbons (Fsp3) is 0.278. The predicted molar refractivity (Wildman–Crippen MR) is 83.7 cm³/mol. The smallest absolute Gasteiger partial charge is 0.127 e. The number of hydrogen-bond acceptors (Lipinski definition) is 4. The second kappa shape index (κ2) is 7.08. The van der Waals surface area contributed by atoms with Crippen molar-refractivity contribution in [3.63, 3.8) is 0 Å². The molecule has 0 spiro atoms. The topological polar surface area (TPSA) is 45.5 Å². The zero-order valence-corrected chi connectivity index (χ0v) is 12.3. The molecule has 112 valence electrons. The van der Waals surface area contributed by atoms with Gasteiger partial charge in [0, 0.05) is 13.1 Å². The van der Waals surface area contributed by atoms with Crippen molar-refractivity contribution in [1.29, 1.82) is 5.26 Å². The number of ether oxygens (including phenoxy) is 2. The first-order chi connectivity index (χ1) is 10.9. The highest BCUT2D eigenvalue weighted by molar-refractivity contribution is 5.35. The van der Waals surface area contributed by atoms with Gasteiger partial charge in [0.15, 0.2) is 0 Å². The summed E-state index contributed by atoms with van der Waals surface area (Å²) < 4.78 is 11.1. The molecule has 0 radical (unpaired) electrons. The van der Waals surface area contributed by atoms with Crippen molar-refractivity contribution in [2.24, 2.45) is 0 Å². The summed E-state index contributed by atoms with van der Waals surface area (Å²) in [6, 6.07) is 19.6. The summed E-state index contributed by atoms with van der Waals surface area (Å²) in [6.07, 6.45) is 0. The molecule has 0 amide bonds. The summed E-state index contributed by atoms with van der Waals surface area (Å²) in [5.41, 5.74) is 0.991. The molecule has 1 atom stereocenters. The number of benzene rings is 2. The van der Waals surface area contributed by atoms with Gasteiger partial charge in [0.2, 0.25) is 0 Å². The van der Waals surface area contributed by atoms with Crippen LogP contribution >= 0.6 is 0 Å². The SMILES string of the molecule is N#CC(c1ccc(Oc2ccccc2)cc1)N1CCOCC1. The van der Waals surface area contributed by atoms with Gasteiger partial charge in [-0.05, 0) is 29.8 Å². The Balaban J connectivity index is 1.71. The fourth-order valence-corrected chi connectivity index (χ4v) is 2.55. The van der Waals surface area contributed by atoms with E-state index in [4.69, 9.17) is 9.47 Å². The first kappa shape index (κ1) is 14.6. The number of nitrogens with zero attached hydrogens (tertiary/aromatic N) is 2. The van der Waals surface area contributed by atoms with Crippen LogP contribution in [0.4, 0.5) is 0 Å². The van der Waals surface area contributed by atoms with E-state index in [9.17, 15) is 5.26 Å². The molecule has 0 N–H and O–H groups in total. The Kier molecular flexibility index (Phi) is 4.69. The zero-order chi connectivity index (χ0) is 15.2. The summed E-state index contributed by atoms with van der Waals surface area (Å²) in [7, 11) is 0. The van der Waals surface area contributed by atoms with Crippen molar-refractivity contribution in [3.8, 4) is 17.6 Å². The van der Waals surface area contributed by atoms with Crippen molar-refractivity contribution in [2.75, 3.05) is 26.3 Å². The maximum Gasteiger partial charge on any atom is 0.127 e. The van der Waals surface area contributed by atoms with Crippen LogP contribution < -0.4 is 4.74 Å². The molecule has 2 aromatic rings. The molecule has 1 heterocycles. The largest absolute Gasteiger partial charge is 0.457 e. The molecular formula is C18H18N2O2. The van der Waals surface area contributed by atoms with E-state index < -0.39 is 0 Å². The Morgan fingerprint density at radius 1 is 0.955 bits per heavy atom. The summed E-state index contributed by atoms with van der Waals surface area (Å²) in [5.74, 6) is 1.58. The van der Waals surface area contributed by atoms with Crippen molar-refractivity contribution in [1.82, 2.24) is 4.90 Å². The molecule has 1 aliphatic heterocycles. The minimum Gasteiger partial charge on any atom is -0.457 e. The molecule has 1 fully saturated rings. The zero-order valence-electron chi connectivity index (χ0n) is 12.3. The summed E-state index contributed by atoms with van der Waals surface area (Å²) in [6.45, 7) is 2.96. The number of rotatable bonds is 4. The molecule has 0 aliphatic carbocycles. The maximum absolute atomic E-state index is 9.47. The highest BCUT2D eigenvalue weighted by Crippen LogP contribution is 2.26. The Morgan fingerprint density at radius 3 is 2.23 bits per heavy atom. The molecule has 1 aliphatic rings. The lowest BCUT2D eigenvalue weighted by Gasteiger charge is -2.30. The molecule has 4 heteroatoms. The normalized spacial score (nSPS) is 16.7. The summed E-state index contributed by atoms with van der Waals surface area (Å²) in [5, 5.41) is 9.47. The van der Waals surface area contributed by atoms with E-state index in [-0.39, 0.29) is 6.04 Å². The number of hydrogen-bond donors (Lipinski definition) is 0. The van der Waals surface area contributed by atoms with Gasteiger partial charge in [0.25, 0.3) is 0 Å². The molecule has 3 rings (SSSR count). The van der Waals surface area contributed by atoms with E-state index in [0.717, 1.165) is 30.2 Å². The molecule has 22 heavy (non-hydrogen) atoms. The third-order valence-corrected chi connectivity index (χ3v) is 3.71. The number of para-hydroxylation sites is 1. The first-order valence-corrected chi connectivity index (χ1v) is 7.41. The lowest BCUT2D eigenvalue weighted by Crippen LogP contribution is -2.38. The number of nitriles is 1. The van der Waals surface area contributed by atoms with E-state index in [0.29, 0.717) is 13.2 Å². The standard InChI is InChI=1S/C18H18N2O2/c19-14-18(20-10-12-21-13-11-20)15-6-8-17(9-7-15)22-16-4-2-1-3-5-16/h1-9,18H,10-13H2. The van der Waals surface area contributed by atoms with Crippen LogP contribution in [0.2, 0.25) is 0 Å². The minimum absolute atomic E-state index is 0.227. The van der Waals surface area contributed by atoms with Gasteiger partial charge in [-0.1, -0.05) is 30.3 Å². The third-order valence-electron chi connectivity index (χ3n) is 3.71. The van der Waals surface area contributed by atoms with E-state index in [1.807, 2.05) is 54.6 Å². The van der Waals surface area contributed by atoms with Crippen molar-refractivity contribution in [3.05, 3.63) is 60.2 Å². The van der Waals surface area contributed by atoms with Crippen LogP contribution in [-0.4, -0.2) is 31.2 Å². The third kappa shape index (κ3) is 3.45. The Labute approximate surface area is 130 Å². The monoisotopic (exact) mass is 294 g/mol. The molecule has 0 saturated carbocycles. The van der Waals surface area contributed by atoms with Crippen molar-refractivity contribution >= 4 is 0 Å². The Hall–Kier alpha value is -2.35. The molecule has 0 aromatic heterocycles. The quantitative estimate of drug-likeness (QED) is 0.867. The van der Waals surface area contributed by atoms with Crippen LogP contribution in [0, 0.1) is 11.3 Å². The Bertz CT molecular complexity index is 628. The summed E-state index contributed by atoms with van der Waals surface area (Å²) >= 11 is 0. The van der Waals surface area contributed by atoms with Gasteiger partial charge in [0.1, 0.15) is 17.5 Å². The average Bonchev–Trinajstić information content (AvgIpc) is 2.59. The van der Waals surface area contributed by atoms with Gasteiger partial charge >= 0.3 is 0 Å². The van der Waals surface area contributed by atoms with Crippen LogP contribution in [-0.2, 0) is 4.74 Å². The van der Waals surface area contributed by atoms with E-state index in [1.165, 1.54) is 0 Å². The van der Waals surface area contributed by atoms with Crippen molar-refractivity contribution < 1.29 is 9.47 Å². The van der Waals surface area contributed by atoms with Gasteiger partial charge in [-0.3, -0.25) is 4.90 Å². The maximum atomic E-state index is 9.47. The molecule has 1 saturated heterocycles. The van der Waals surface area contributed by atoms with Gasteiger partial charge < -0.3 is 9.47 Å². The predicted octanol–water partition coefficient (Wildman–Crippen LogP) is 3.38. The fourth-order valence-electron chi connectivity index (χ4n) is 2.55. The highest BCUT2D eigenvalue weighted by Gasteiger charge is 2.22. The van der Waals surface area contributed by atoms with E-state index in [1.54, 1.807) is 0 Å². The van der Waals surface area contributed by atoms with Gasteiger partial charge in [0.05, 0.1) is 19.3 Å². The van der Waals surface area contributed by atoms with Gasteiger partial charge in [-0.2, -0.15) is 5.26 Å². The molecule has 1 unspecified atom stereocenters. The lowest BCUT2D eigenvalue weighted by molar-refractivity contribution is 0.0266. The second-order valence-electron chi connectivity index (χ2n) is 5.16. The molecule has 0 bridgehead atoms.